The molecular weight excluding hydrogens is 484 g/mol. The van der Waals surface area contributed by atoms with Gasteiger partial charge in [-0.2, -0.15) is 0 Å². The minimum atomic E-state index is 0.144. The van der Waals surface area contributed by atoms with Gasteiger partial charge in [-0.05, 0) is 69.1 Å². The summed E-state index contributed by atoms with van der Waals surface area (Å²) in [4.78, 5) is 0. The van der Waals surface area contributed by atoms with Gasteiger partial charge in [0.2, 0.25) is 6.79 Å². The molecule has 0 atom stereocenters. The predicted molar refractivity (Wildman–Crippen MR) is 155 cm³/mol. The van der Waals surface area contributed by atoms with E-state index in [-0.39, 0.29) is 6.79 Å². The van der Waals surface area contributed by atoms with E-state index in [1.54, 1.807) is 0 Å². The topological polar surface area (TPSA) is 36.9 Å². The van der Waals surface area contributed by atoms with E-state index in [0.717, 1.165) is 66.8 Å². The van der Waals surface area contributed by atoms with Crippen LogP contribution >= 0.6 is 0 Å². The average Bonchev–Trinajstić information content (AvgIpc) is 3.20. The molecule has 4 heteroatoms. The number of hydrogen-bond acceptors (Lipinski definition) is 4. The van der Waals surface area contributed by atoms with Gasteiger partial charge in [0.05, 0.1) is 0 Å². The zero-order valence-corrected chi connectivity index (χ0v) is 21.3. The second kappa shape index (κ2) is 10.1. The highest BCUT2D eigenvalue weighted by Gasteiger charge is 2.22. The molecule has 0 aliphatic carbocycles. The van der Waals surface area contributed by atoms with Crippen LogP contribution in [0.25, 0.3) is 32.7 Å². The van der Waals surface area contributed by atoms with Gasteiger partial charge >= 0.3 is 0 Å². The standard InChI is InChI=1S/C35H26O4/c1-3-7-24(8-4-1)21-36-28-15-11-26-13-17-32-34(30(26)19-28)35-31-20-29(37-22-25-9-5-2-6-10-25)16-12-27(31)14-18-33(35)39-23-38-32/h1-20H,21-23H2. The van der Waals surface area contributed by atoms with Crippen LogP contribution in [0.4, 0.5) is 0 Å². The van der Waals surface area contributed by atoms with Crippen molar-refractivity contribution in [3.63, 3.8) is 0 Å². The SMILES string of the molecule is c1ccc(COc2ccc3ccc4c(c3c2)-c2c(ccc3ccc(OCc5ccccc5)cc23)OCO4)cc1. The first-order chi connectivity index (χ1) is 19.3. The molecule has 0 aromatic heterocycles. The van der Waals surface area contributed by atoms with Crippen LogP contribution in [0.2, 0.25) is 0 Å². The smallest absolute Gasteiger partial charge is 0.230 e. The van der Waals surface area contributed by atoms with E-state index in [4.69, 9.17) is 18.9 Å². The minimum absolute atomic E-state index is 0.144. The Kier molecular flexibility index (Phi) is 5.98. The van der Waals surface area contributed by atoms with E-state index >= 15 is 0 Å². The molecule has 0 spiro atoms. The van der Waals surface area contributed by atoms with Crippen LogP contribution < -0.4 is 18.9 Å². The third-order valence-electron chi connectivity index (χ3n) is 7.09. The van der Waals surface area contributed by atoms with Gasteiger partial charge in [-0.3, -0.25) is 0 Å². The summed E-state index contributed by atoms with van der Waals surface area (Å²) < 4.78 is 24.6. The van der Waals surface area contributed by atoms with Crippen LogP contribution in [0.3, 0.4) is 0 Å². The number of ether oxygens (including phenoxy) is 4. The molecule has 7 rings (SSSR count). The summed E-state index contributed by atoms with van der Waals surface area (Å²) in [6.07, 6.45) is 0. The summed E-state index contributed by atoms with van der Waals surface area (Å²) >= 11 is 0. The molecule has 6 aromatic carbocycles. The zero-order chi connectivity index (χ0) is 26.0. The summed E-state index contributed by atoms with van der Waals surface area (Å²) in [5.41, 5.74) is 4.24. The molecule has 39 heavy (non-hydrogen) atoms. The third kappa shape index (κ3) is 4.62. The van der Waals surface area contributed by atoms with Crippen LogP contribution in [0, 0.1) is 0 Å². The van der Waals surface area contributed by atoms with Crippen LogP contribution in [-0.2, 0) is 13.2 Å². The van der Waals surface area contributed by atoms with Crippen molar-refractivity contribution in [2.75, 3.05) is 6.79 Å². The molecule has 1 aliphatic rings. The molecule has 0 radical (unpaired) electrons. The highest BCUT2D eigenvalue weighted by Crippen LogP contribution is 2.48. The first kappa shape index (κ1) is 23.2. The Morgan fingerprint density at radius 1 is 0.487 bits per heavy atom. The molecule has 4 nitrogen and oxygen atoms in total. The van der Waals surface area contributed by atoms with Gasteiger partial charge in [0.15, 0.2) is 0 Å². The Labute approximate surface area is 227 Å². The Hall–Kier alpha value is -4.96. The van der Waals surface area contributed by atoms with Crippen molar-refractivity contribution < 1.29 is 18.9 Å². The lowest BCUT2D eigenvalue weighted by molar-refractivity contribution is 0.125. The zero-order valence-electron chi connectivity index (χ0n) is 21.3. The van der Waals surface area contributed by atoms with Crippen LogP contribution in [0.5, 0.6) is 23.0 Å². The first-order valence-electron chi connectivity index (χ1n) is 13.0. The molecule has 0 saturated heterocycles. The number of rotatable bonds is 6. The predicted octanol–water partition coefficient (Wildman–Crippen LogP) is 8.55. The average molecular weight is 511 g/mol. The van der Waals surface area contributed by atoms with Gasteiger partial charge < -0.3 is 18.9 Å². The highest BCUT2D eigenvalue weighted by molar-refractivity contribution is 6.10. The minimum Gasteiger partial charge on any atom is -0.489 e. The molecular formula is C35H26O4. The lowest BCUT2D eigenvalue weighted by Crippen LogP contribution is -2.03. The van der Waals surface area contributed by atoms with Gasteiger partial charge in [-0.25, -0.2) is 0 Å². The second-order valence-corrected chi connectivity index (χ2v) is 9.60. The maximum absolute atomic E-state index is 6.20. The van der Waals surface area contributed by atoms with E-state index in [1.165, 1.54) is 0 Å². The normalized spacial score (nSPS) is 12.1. The van der Waals surface area contributed by atoms with Crippen molar-refractivity contribution in [2.45, 2.75) is 13.2 Å². The lowest BCUT2D eigenvalue weighted by Gasteiger charge is -2.16. The molecule has 1 aliphatic heterocycles. The van der Waals surface area contributed by atoms with E-state index in [0.29, 0.717) is 13.2 Å². The monoisotopic (exact) mass is 510 g/mol. The van der Waals surface area contributed by atoms with E-state index < -0.39 is 0 Å². The van der Waals surface area contributed by atoms with Crippen molar-refractivity contribution in [2.24, 2.45) is 0 Å². The molecule has 1 heterocycles. The van der Waals surface area contributed by atoms with Crippen molar-refractivity contribution in [1.82, 2.24) is 0 Å². The van der Waals surface area contributed by atoms with Gasteiger partial charge in [-0.1, -0.05) is 84.9 Å². The van der Waals surface area contributed by atoms with Gasteiger partial charge in [0.1, 0.15) is 36.2 Å². The number of fused-ring (bicyclic) bond motifs is 7. The fourth-order valence-electron chi connectivity index (χ4n) is 5.13. The van der Waals surface area contributed by atoms with Crippen LogP contribution in [0.1, 0.15) is 11.1 Å². The maximum atomic E-state index is 6.20. The Bertz CT molecular complexity index is 1650. The Morgan fingerprint density at radius 2 is 0.923 bits per heavy atom. The molecule has 0 saturated carbocycles. The van der Waals surface area contributed by atoms with Crippen LogP contribution in [0.15, 0.2) is 121 Å². The quantitative estimate of drug-likeness (QED) is 0.225. The number of hydrogen-bond donors (Lipinski definition) is 0. The molecule has 6 aromatic rings. The summed E-state index contributed by atoms with van der Waals surface area (Å²) in [5, 5.41) is 4.30. The summed E-state index contributed by atoms with van der Waals surface area (Å²) in [6, 6.07) is 41.0. The Balaban J connectivity index is 1.33. The number of benzene rings is 6. The fraction of sp³-hybridized carbons (Fsp3) is 0.0857. The molecule has 190 valence electrons. The second-order valence-electron chi connectivity index (χ2n) is 9.60. The van der Waals surface area contributed by atoms with Crippen LogP contribution in [-0.4, -0.2) is 6.79 Å². The van der Waals surface area contributed by atoms with Crippen molar-refractivity contribution >= 4 is 21.5 Å². The Morgan fingerprint density at radius 3 is 1.38 bits per heavy atom. The van der Waals surface area contributed by atoms with Gasteiger partial charge in [0.25, 0.3) is 0 Å². The largest absolute Gasteiger partial charge is 0.489 e. The fourth-order valence-corrected chi connectivity index (χ4v) is 5.13. The van der Waals surface area contributed by atoms with E-state index in [2.05, 4.69) is 60.7 Å². The van der Waals surface area contributed by atoms with Gasteiger partial charge in [-0.15, -0.1) is 0 Å². The van der Waals surface area contributed by atoms with Crippen molar-refractivity contribution in [3.05, 3.63) is 132 Å². The highest BCUT2D eigenvalue weighted by atomic mass is 16.7. The summed E-state index contributed by atoms with van der Waals surface area (Å²) in [7, 11) is 0. The molecule has 0 N–H and O–H groups in total. The first-order valence-corrected chi connectivity index (χ1v) is 13.0. The maximum Gasteiger partial charge on any atom is 0.230 e. The van der Waals surface area contributed by atoms with E-state index in [1.807, 2.05) is 60.7 Å². The molecule has 0 amide bonds. The molecule has 0 bridgehead atoms. The molecule has 0 fully saturated rings. The molecule has 0 unspecified atom stereocenters. The van der Waals surface area contributed by atoms with Crippen molar-refractivity contribution in [3.8, 4) is 34.1 Å². The lowest BCUT2D eigenvalue weighted by atomic mass is 9.92. The van der Waals surface area contributed by atoms with Crippen molar-refractivity contribution in [1.29, 1.82) is 0 Å². The van der Waals surface area contributed by atoms with E-state index in [9.17, 15) is 0 Å². The summed E-state index contributed by atoms with van der Waals surface area (Å²) in [5.74, 6) is 3.17. The van der Waals surface area contributed by atoms with Gasteiger partial charge in [0, 0.05) is 11.1 Å². The third-order valence-corrected chi connectivity index (χ3v) is 7.09. The summed E-state index contributed by atoms with van der Waals surface area (Å²) in [6.45, 7) is 1.15.